The highest BCUT2D eigenvalue weighted by Crippen LogP contribution is 2.23. The standard InChI is InChI=1S/C19H21BrO4/c20-16-9-5-4-8-15(16)10-19-23-13-18(17(11-21)24-19)22-12-14-6-2-1-3-7-14/h1-9,17-19,21H,10-13H2/t17-,18-,19+/m0/s1. The Morgan fingerprint density at radius 2 is 1.83 bits per heavy atom. The molecule has 128 valence electrons. The number of hydrogen-bond donors (Lipinski definition) is 1. The summed E-state index contributed by atoms with van der Waals surface area (Å²) in [6.07, 6.45) is -0.401. The van der Waals surface area contributed by atoms with Crippen molar-refractivity contribution in [1.82, 2.24) is 0 Å². The van der Waals surface area contributed by atoms with Gasteiger partial charge in [-0.1, -0.05) is 64.5 Å². The van der Waals surface area contributed by atoms with Gasteiger partial charge in [-0.05, 0) is 17.2 Å². The summed E-state index contributed by atoms with van der Waals surface area (Å²) in [6, 6.07) is 17.9. The minimum atomic E-state index is -0.380. The molecule has 1 saturated heterocycles. The van der Waals surface area contributed by atoms with E-state index in [0.717, 1.165) is 15.6 Å². The zero-order valence-corrected chi connectivity index (χ0v) is 14.9. The maximum absolute atomic E-state index is 9.63. The summed E-state index contributed by atoms with van der Waals surface area (Å²) in [6.45, 7) is 0.798. The van der Waals surface area contributed by atoms with Crippen molar-refractivity contribution in [3.8, 4) is 0 Å². The Hall–Kier alpha value is -1.24. The Labute approximate surface area is 150 Å². The molecule has 1 fully saturated rings. The van der Waals surface area contributed by atoms with Crippen molar-refractivity contribution in [2.45, 2.75) is 31.5 Å². The van der Waals surface area contributed by atoms with Crippen LogP contribution in [0.15, 0.2) is 59.1 Å². The van der Waals surface area contributed by atoms with Crippen LogP contribution in [0.2, 0.25) is 0 Å². The van der Waals surface area contributed by atoms with Gasteiger partial charge < -0.3 is 19.3 Å². The number of ether oxygens (including phenoxy) is 3. The number of aliphatic hydroxyl groups is 1. The maximum atomic E-state index is 9.63. The molecule has 4 nitrogen and oxygen atoms in total. The Bertz CT molecular complexity index is 634. The van der Waals surface area contributed by atoms with E-state index >= 15 is 0 Å². The number of benzene rings is 2. The van der Waals surface area contributed by atoms with Crippen LogP contribution in [0.4, 0.5) is 0 Å². The molecule has 0 radical (unpaired) electrons. The SMILES string of the molecule is OC[C@@H]1O[C@H](Cc2ccccc2Br)OC[C@@H]1OCc1ccccc1. The van der Waals surface area contributed by atoms with E-state index in [9.17, 15) is 5.11 Å². The van der Waals surface area contributed by atoms with Gasteiger partial charge in [0, 0.05) is 10.9 Å². The predicted molar refractivity (Wildman–Crippen MR) is 94.6 cm³/mol. The number of rotatable bonds is 6. The van der Waals surface area contributed by atoms with E-state index in [4.69, 9.17) is 14.2 Å². The minimum absolute atomic E-state index is 0.0880. The Morgan fingerprint density at radius 1 is 1.08 bits per heavy atom. The first kappa shape index (κ1) is 17.6. The van der Waals surface area contributed by atoms with Gasteiger partial charge in [0.25, 0.3) is 0 Å². The second kappa shape index (κ2) is 8.74. The molecular formula is C19H21BrO4. The molecule has 0 bridgehead atoms. The monoisotopic (exact) mass is 392 g/mol. The highest BCUT2D eigenvalue weighted by Gasteiger charge is 2.32. The zero-order valence-electron chi connectivity index (χ0n) is 13.3. The lowest BCUT2D eigenvalue weighted by molar-refractivity contribution is -0.268. The van der Waals surface area contributed by atoms with Crippen LogP contribution in [0.1, 0.15) is 11.1 Å². The third kappa shape index (κ3) is 4.65. The van der Waals surface area contributed by atoms with Crippen molar-refractivity contribution in [3.05, 3.63) is 70.2 Å². The van der Waals surface area contributed by atoms with Crippen LogP contribution < -0.4 is 0 Å². The third-order valence-electron chi connectivity index (χ3n) is 4.02. The van der Waals surface area contributed by atoms with Gasteiger partial charge in [-0.15, -0.1) is 0 Å². The van der Waals surface area contributed by atoms with Crippen molar-refractivity contribution >= 4 is 15.9 Å². The molecule has 0 aromatic heterocycles. The van der Waals surface area contributed by atoms with Crippen LogP contribution in [0.25, 0.3) is 0 Å². The van der Waals surface area contributed by atoms with Crippen LogP contribution in [0.5, 0.6) is 0 Å². The molecule has 3 rings (SSSR count). The second-order valence-corrected chi connectivity index (χ2v) is 6.60. The molecule has 0 unspecified atom stereocenters. The van der Waals surface area contributed by atoms with Crippen molar-refractivity contribution in [1.29, 1.82) is 0 Å². The van der Waals surface area contributed by atoms with Crippen molar-refractivity contribution in [2.24, 2.45) is 0 Å². The first-order valence-electron chi connectivity index (χ1n) is 8.03. The third-order valence-corrected chi connectivity index (χ3v) is 4.79. The lowest BCUT2D eigenvalue weighted by atomic mass is 10.1. The molecule has 2 aromatic rings. The van der Waals surface area contributed by atoms with E-state index in [2.05, 4.69) is 15.9 Å². The molecule has 0 spiro atoms. The number of hydrogen-bond acceptors (Lipinski definition) is 4. The highest BCUT2D eigenvalue weighted by atomic mass is 79.9. The molecule has 1 N–H and O–H groups in total. The summed E-state index contributed by atoms with van der Waals surface area (Å²) in [4.78, 5) is 0. The fourth-order valence-electron chi connectivity index (χ4n) is 2.68. The van der Waals surface area contributed by atoms with Crippen LogP contribution in [-0.2, 0) is 27.2 Å². The molecule has 24 heavy (non-hydrogen) atoms. The normalized spacial score (nSPS) is 24.0. The van der Waals surface area contributed by atoms with Crippen molar-refractivity contribution in [3.63, 3.8) is 0 Å². The zero-order chi connectivity index (χ0) is 16.8. The molecule has 1 aliphatic heterocycles. The molecule has 0 saturated carbocycles. The average molecular weight is 393 g/mol. The maximum Gasteiger partial charge on any atom is 0.162 e. The summed E-state index contributed by atoms with van der Waals surface area (Å²) >= 11 is 3.53. The van der Waals surface area contributed by atoms with Crippen molar-refractivity contribution < 1.29 is 19.3 Å². The van der Waals surface area contributed by atoms with Crippen molar-refractivity contribution in [2.75, 3.05) is 13.2 Å². The quantitative estimate of drug-likeness (QED) is 0.818. The van der Waals surface area contributed by atoms with Gasteiger partial charge in [0.2, 0.25) is 0 Å². The molecule has 1 heterocycles. The van der Waals surface area contributed by atoms with E-state index in [1.807, 2.05) is 54.6 Å². The first-order valence-corrected chi connectivity index (χ1v) is 8.82. The predicted octanol–water partition coefficient (Wildman–Crippen LogP) is 3.31. The molecule has 5 heteroatoms. The number of halogens is 1. The Balaban J connectivity index is 1.54. The highest BCUT2D eigenvalue weighted by molar-refractivity contribution is 9.10. The minimum Gasteiger partial charge on any atom is -0.394 e. The van der Waals surface area contributed by atoms with Crippen LogP contribution in [0.3, 0.4) is 0 Å². The summed E-state index contributed by atoms with van der Waals surface area (Å²) in [7, 11) is 0. The van der Waals surface area contributed by atoms with Gasteiger partial charge in [0.15, 0.2) is 6.29 Å². The number of aliphatic hydroxyl groups excluding tert-OH is 1. The van der Waals surface area contributed by atoms with Crippen LogP contribution in [0, 0.1) is 0 Å². The fourth-order valence-corrected chi connectivity index (χ4v) is 3.12. The fraction of sp³-hybridized carbons (Fsp3) is 0.368. The molecule has 0 amide bonds. The molecule has 3 atom stereocenters. The largest absolute Gasteiger partial charge is 0.394 e. The summed E-state index contributed by atoms with van der Waals surface area (Å²) in [5.74, 6) is 0. The van der Waals surface area contributed by atoms with Gasteiger partial charge in [0.1, 0.15) is 12.2 Å². The first-order chi connectivity index (χ1) is 11.8. The van der Waals surface area contributed by atoms with Crippen LogP contribution in [-0.4, -0.2) is 36.8 Å². The van der Waals surface area contributed by atoms with Crippen LogP contribution >= 0.6 is 15.9 Å². The lowest BCUT2D eigenvalue weighted by Crippen LogP contribution is -2.47. The van der Waals surface area contributed by atoms with Gasteiger partial charge in [-0.2, -0.15) is 0 Å². The summed E-state index contributed by atoms with van der Waals surface area (Å²) in [5.41, 5.74) is 2.20. The molecule has 2 aromatic carbocycles. The van der Waals surface area contributed by atoms with E-state index in [-0.39, 0.29) is 25.1 Å². The van der Waals surface area contributed by atoms with E-state index in [1.54, 1.807) is 0 Å². The van der Waals surface area contributed by atoms with E-state index in [1.165, 1.54) is 0 Å². The average Bonchev–Trinajstić information content (AvgIpc) is 2.63. The molecular weight excluding hydrogens is 372 g/mol. The topological polar surface area (TPSA) is 47.9 Å². The van der Waals surface area contributed by atoms with E-state index < -0.39 is 0 Å². The molecule has 1 aliphatic rings. The van der Waals surface area contributed by atoms with Gasteiger partial charge in [-0.25, -0.2) is 0 Å². The Kier molecular flexibility index (Phi) is 6.40. The van der Waals surface area contributed by atoms with Gasteiger partial charge >= 0.3 is 0 Å². The van der Waals surface area contributed by atoms with E-state index in [0.29, 0.717) is 19.6 Å². The lowest BCUT2D eigenvalue weighted by Gasteiger charge is -2.35. The smallest absolute Gasteiger partial charge is 0.162 e. The molecule has 0 aliphatic carbocycles. The second-order valence-electron chi connectivity index (χ2n) is 5.75. The summed E-state index contributed by atoms with van der Waals surface area (Å²) in [5, 5.41) is 9.63. The van der Waals surface area contributed by atoms with Gasteiger partial charge in [0.05, 0.1) is 19.8 Å². The van der Waals surface area contributed by atoms with Gasteiger partial charge in [-0.3, -0.25) is 0 Å². The summed E-state index contributed by atoms with van der Waals surface area (Å²) < 4.78 is 18.6. The Morgan fingerprint density at radius 3 is 2.58 bits per heavy atom.